The van der Waals surface area contributed by atoms with Crippen LogP contribution in [0.2, 0.25) is 0 Å². The van der Waals surface area contributed by atoms with Crippen LogP contribution in [-0.4, -0.2) is 24.8 Å². The second-order valence-electron chi connectivity index (χ2n) is 7.57. The highest BCUT2D eigenvalue weighted by atomic mass is 16.5. The maximum atomic E-state index is 6.74. The summed E-state index contributed by atoms with van der Waals surface area (Å²) in [5, 5.41) is 3.64. The maximum absolute atomic E-state index is 6.74. The smallest absolute Gasteiger partial charge is 0.0812 e. The molecule has 0 bridgehead atoms. The Bertz CT molecular complexity index is 281. The van der Waals surface area contributed by atoms with E-state index in [1.807, 2.05) is 0 Å². The number of ether oxygens (including phenoxy) is 1. The van der Waals surface area contributed by atoms with Crippen LogP contribution in [0.1, 0.15) is 78.6 Å². The van der Waals surface area contributed by atoms with Gasteiger partial charge in [0.2, 0.25) is 0 Å². The van der Waals surface area contributed by atoms with Crippen LogP contribution in [0.15, 0.2) is 0 Å². The molecule has 0 amide bonds. The molecule has 2 heteroatoms. The summed E-state index contributed by atoms with van der Waals surface area (Å²) < 4.78 is 6.74. The molecular formula is C18H35NO. The van der Waals surface area contributed by atoms with Gasteiger partial charge in [-0.2, -0.15) is 0 Å². The summed E-state index contributed by atoms with van der Waals surface area (Å²) in [5.74, 6) is 1.68. The molecule has 2 aliphatic carbocycles. The Morgan fingerprint density at radius 1 is 1.10 bits per heavy atom. The van der Waals surface area contributed by atoms with Gasteiger partial charge >= 0.3 is 0 Å². The lowest BCUT2D eigenvalue weighted by molar-refractivity contribution is -0.133. The van der Waals surface area contributed by atoms with Crippen LogP contribution in [0.3, 0.4) is 0 Å². The highest BCUT2D eigenvalue weighted by Gasteiger charge is 2.38. The van der Waals surface area contributed by atoms with E-state index in [4.69, 9.17) is 4.74 Å². The Morgan fingerprint density at radius 3 is 2.60 bits per heavy atom. The fourth-order valence-electron chi connectivity index (χ4n) is 4.25. The normalized spacial score (nSPS) is 38.9. The first-order chi connectivity index (χ1) is 9.63. The van der Waals surface area contributed by atoms with Crippen molar-refractivity contribution in [2.24, 2.45) is 11.8 Å². The molecule has 0 aromatic heterocycles. The lowest BCUT2D eigenvalue weighted by atomic mass is 9.78. The van der Waals surface area contributed by atoms with E-state index in [0.717, 1.165) is 24.9 Å². The average molecular weight is 281 g/mol. The summed E-state index contributed by atoms with van der Waals surface area (Å²) >= 11 is 0. The zero-order valence-electron chi connectivity index (χ0n) is 13.9. The molecule has 4 unspecified atom stereocenters. The van der Waals surface area contributed by atoms with Crippen molar-refractivity contribution in [2.75, 3.05) is 13.1 Å². The van der Waals surface area contributed by atoms with Gasteiger partial charge < -0.3 is 10.1 Å². The molecule has 0 aliphatic heterocycles. The third kappa shape index (κ3) is 4.73. The zero-order valence-corrected chi connectivity index (χ0v) is 13.9. The molecule has 4 atom stereocenters. The van der Waals surface area contributed by atoms with Crippen LogP contribution in [-0.2, 0) is 4.74 Å². The highest BCUT2D eigenvalue weighted by Crippen LogP contribution is 2.38. The van der Waals surface area contributed by atoms with Gasteiger partial charge in [-0.1, -0.05) is 46.5 Å². The molecule has 0 aromatic carbocycles. The number of hydrogen-bond acceptors (Lipinski definition) is 2. The second-order valence-corrected chi connectivity index (χ2v) is 7.57. The van der Waals surface area contributed by atoms with E-state index in [1.165, 1.54) is 57.8 Å². The summed E-state index contributed by atoms with van der Waals surface area (Å²) in [5.41, 5.74) is 0.133. The molecule has 0 saturated heterocycles. The predicted molar refractivity (Wildman–Crippen MR) is 86.0 cm³/mol. The van der Waals surface area contributed by atoms with Crippen LogP contribution < -0.4 is 5.32 Å². The molecule has 0 radical (unpaired) electrons. The van der Waals surface area contributed by atoms with Gasteiger partial charge in [0.05, 0.1) is 11.7 Å². The molecule has 2 aliphatic rings. The molecule has 0 spiro atoms. The number of rotatable bonds is 6. The predicted octanol–water partition coefficient (Wildman–Crippen LogP) is 4.53. The minimum atomic E-state index is 0.133. The highest BCUT2D eigenvalue weighted by molar-refractivity contribution is 4.91. The van der Waals surface area contributed by atoms with E-state index >= 15 is 0 Å². The summed E-state index contributed by atoms with van der Waals surface area (Å²) in [6.07, 6.45) is 12.3. The van der Waals surface area contributed by atoms with E-state index in [-0.39, 0.29) is 5.60 Å². The minimum absolute atomic E-state index is 0.133. The van der Waals surface area contributed by atoms with E-state index in [9.17, 15) is 0 Å². The Kier molecular flexibility index (Phi) is 6.35. The van der Waals surface area contributed by atoms with Gasteiger partial charge in [-0.3, -0.25) is 0 Å². The SMILES string of the molecule is CCCNCC1(OC2CCCC(C)C2)CCCC(C)C1. The minimum Gasteiger partial charge on any atom is -0.370 e. The molecule has 1 N–H and O–H groups in total. The molecule has 2 fully saturated rings. The van der Waals surface area contributed by atoms with Crippen molar-refractivity contribution in [1.29, 1.82) is 0 Å². The topological polar surface area (TPSA) is 21.3 Å². The quantitative estimate of drug-likeness (QED) is 0.722. The third-order valence-electron chi connectivity index (χ3n) is 5.23. The molecule has 20 heavy (non-hydrogen) atoms. The fraction of sp³-hybridized carbons (Fsp3) is 1.00. The molecule has 2 nitrogen and oxygen atoms in total. The van der Waals surface area contributed by atoms with Gasteiger partial charge in [-0.15, -0.1) is 0 Å². The van der Waals surface area contributed by atoms with Crippen molar-refractivity contribution < 1.29 is 4.74 Å². The lowest BCUT2D eigenvalue weighted by Crippen LogP contribution is -2.49. The largest absolute Gasteiger partial charge is 0.370 e. The van der Waals surface area contributed by atoms with E-state index in [0.29, 0.717) is 6.10 Å². The van der Waals surface area contributed by atoms with Gasteiger partial charge in [0, 0.05) is 6.54 Å². The fourth-order valence-corrected chi connectivity index (χ4v) is 4.25. The van der Waals surface area contributed by atoms with Crippen molar-refractivity contribution >= 4 is 0 Å². The molecule has 2 rings (SSSR count). The molecule has 118 valence electrons. The monoisotopic (exact) mass is 281 g/mol. The van der Waals surface area contributed by atoms with Gasteiger partial charge in [0.25, 0.3) is 0 Å². The molecule has 0 heterocycles. The van der Waals surface area contributed by atoms with Gasteiger partial charge in [0.1, 0.15) is 0 Å². The number of nitrogens with one attached hydrogen (secondary N) is 1. The van der Waals surface area contributed by atoms with Crippen LogP contribution in [0.25, 0.3) is 0 Å². The average Bonchev–Trinajstić information content (AvgIpc) is 2.39. The van der Waals surface area contributed by atoms with Gasteiger partial charge in [-0.25, -0.2) is 0 Å². The summed E-state index contributed by atoms with van der Waals surface area (Å²) in [4.78, 5) is 0. The van der Waals surface area contributed by atoms with Crippen LogP contribution in [0, 0.1) is 11.8 Å². The van der Waals surface area contributed by atoms with Gasteiger partial charge in [-0.05, 0) is 50.5 Å². The van der Waals surface area contributed by atoms with E-state index in [2.05, 4.69) is 26.1 Å². The van der Waals surface area contributed by atoms with Crippen LogP contribution in [0.4, 0.5) is 0 Å². The zero-order chi connectivity index (χ0) is 14.4. The van der Waals surface area contributed by atoms with Crippen molar-refractivity contribution in [2.45, 2.75) is 90.3 Å². The molecule has 0 aromatic rings. The van der Waals surface area contributed by atoms with Gasteiger partial charge in [0.15, 0.2) is 0 Å². The van der Waals surface area contributed by atoms with Crippen molar-refractivity contribution in [3.8, 4) is 0 Å². The Balaban J connectivity index is 1.94. The standard InChI is InChI=1S/C18H35NO/c1-4-11-19-14-18(10-6-8-16(3)13-18)20-17-9-5-7-15(2)12-17/h15-17,19H,4-14H2,1-3H3. The summed E-state index contributed by atoms with van der Waals surface area (Å²) in [6, 6.07) is 0. The molecular weight excluding hydrogens is 246 g/mol. The van der Waals surface area contributed by atoms with Crippen molar-refractivity contribution in [3.63, 3.8) is 0 Å². The van der Waals surface area contributed by atoms with Crippen LogP contribution in [0.5, 0.6) is 0 Å². The second kappa shape index (κ2) is 7.79. The summed E-state index contributed by atoms with van der Waals surface area (Å²) in [7, 11) is 0. The number of hydrogen-bond donors (Lipinski definition) is 1. The van der Waals surface area contributed by atoms with Crippen molar-refractivity contribution in [1.82, 2.24) is 5.32 Å². The first kappa shape index (κ1) is 16.3. The third-order valence-corrected chi connectivity index (χ3v) is 5.23. The maximum Gasteiger partial charge on any atom is 0.0812 e. The van der Waals surface area contributed by atoms with E-state index in [1.54, 1.807) is 0 Å². The Hall–Kier alpha value is -0.0800. The lowest BCUT2D eigenvalue weighted by Gasteiger charge is -2.44. The Labute approximate surface area is 126 Å². The van der Waals surface area contributed by atoms with Crippen LogP contribution >= 0.6 is 0 Å². The summed E-state index contributed by atoms with van der Waals surface area (Å²) in [6.45, 7) is 9.23. The van der Waals surface area contributed by atoms with E-state index < -0.39 is 0 Å². The first-order valence-electron chi connectivity index (χ1n) is 9.02. The van der Waals surface area contributed by atoms with Crippen molar-refractivity contribution in [3.05, 3.63) is 0 Å². The Morgan fingerprint density at radius 2 is 1.90 bits per heavy atom. The first-order valence-corrected chi connectivity index (χ1v) is 9.02. The molecule has 2 saturated carbocycles.